The summed E-state index contributed by atoms with van der Waals surface area (Å²) in [7, 11) is 0. The highest BCUT2D eigenvalue weighted by Crippen LogP contribution is 2.22. The van der Waals surface area contributed by atoms with Gasteiger partial charge in [0.1, 0.15) is 6.04 Å². The predicted molar refractivity (Wildman–Crippen MR) is 79.7 cm³/mol. The standard InChI is InChI=1S/C13H16N4O6/c1-7(2)3-11(12(14)18)15-13(19)8-4-9(16(20)21)6-10(5-8)17(22)23/h4-7,11H,3H2,1-2H3,(H2,14,18)(H,15,19)/t11-/m1/s1. The first-order chi connectivity index (χ1) is 10.6. The smallest absolute Gasteiger partial charge is 0.277 e. The second-order valence-corrected chi connectivity index (χ2v) is 5.31. The Morgan fingerprint density at radius 2 is 1.61 bits per heavy atom. The van der Waals surface area contributed by atoms with Crippen LogP contribution in [-0.2, 0) is 4.79 Å². The lowest BCUT2D eigenvalue weighted by Gasteiger charge is -2.17. The SMILES string of the molecule is CC(C)C[C@@H](NC(=O)c1cc([N+](=O)[O-])cc([N+](=O)[O-])c1)C(N)=O. The number of carbonyl (C=O) groups excluding carboxylic acids is 2. The minimum absolute atomic E-state index is 0.0623. The van der Waals surface area contributed by atoms with Gasteiger partial charge in [0.25, 0.3) is 17.3 Å². The van der Waals surface area contributed by atoms with E-state index in [2.05, 4.69) is 5.32 Å². The van der Waals surface area contributed by atoms with E-state index in [1.807, 2.05) is 13.8 Å². The fourth-order valence-corrected chi connectivity index (χ4v) is 1.90. The van der Waals surface area contributed by atoms with Crippen molar-refractivity contribution < 1.29 is 19.4 Å². The number of carbonyl (C=O) groups is 2. The molecule has 3 N–H and O–H groups in total. The molecule has 1 aromatic carbocycles. The summed E-state index contributed by atoms with van der Waals surface area (Å²) in [5, 5.41) is 23.9. The van der Waals surface area contributed by atoms with E-state index < -0.39 is 39.1 Å². The molecular weight excluding hydrogens is 308 g/mol. The number of nitrogens with one attached hydrogen (secondary N) is 1. The number of benzene rings is 1. The lowest BCUT2D eigenvalue weighted by atomic mass is 10.0. The molecule has 1 rings (SSSR count). The van der Waals surface area contributed by atoms with Crippen molar-refractivity contribution in [3.63, 3.8) is 0 Å². The first-order valence-electron chi connectivity index (χ1n) is 6.66. The highest BCUT2D eigenvalue weighted by atomic mass is 16.6. The van der Waals surface area contributed by atoms with E-state index in [4.69, 9.17) is 5.73 Å². The van der Waals surface area contributed by atoms with E-state index in [9.17, 15) is 29.8 Å². The Morgan fingerprint density at radius 3 is 1.96 bits per heavy atom. The Balaban J connectivity index is 3.13. The van der Waals surface area contributed by atoms with Crippen LogP contribution in [0.1, 0.15) is 30.6 Å². The molecule has 0 aliphatic heterocycles. The van der Waals surface area contributed by atoms with Crippen LogP contribution in [0.5, 0.6) is 0 Å². The van der Waals surface area contributed by atoms with Gasteiger partial charge in [-0.15, -0.1) is 0 Å². The van der Waals surface area contributed by atoms with Crippen LogP contribution >= 0.6 is 0 Å². The van der Waals surface area contributed by atoms with Gasteiger partial charge in [-0.25, -0.2) is 0 Å². The van der Waals surface area contributed by atoms with Crippen LogP contribution in [0.25, 0.3) is 0 Å². The van der Waals surface area contributed by atoms with Crippen LogP contribution < -0.4 is 11.1 Å². The summed E-state index contributed by atoms with van der Waals surface area (Å²) in [6.45, 7) is 3.64. The molecule has 0 heterocycles. The van der Waals surface area contributed by atoms with Gasteiger partial charge in [0, 0.05) is 12.1 Å². The van der Waals surface area contributed by atoms with E-state index in [1.54, 1.807) is 0 Å². The van der Waals surface area contributed by atoms with Crippen molar-refractivity contribution in [1.29, 1.82) is 0 Å². The number of rotatable bonds is 7. The lowest BCUT2D eigenvalue weighted by Crippen LogP contribution is -2.45. The number of amides is 2. The number of nitro benzene ring substituents is 2. The van der Waals surface area contributed by atoms with Crippen LogP contribution in [0.4, 0.5) is 11.4 Å². The zero-order valence-electron chi connectivity index (χ0n) is 12.5. The molecule has 124 valence electrons. The van der Waals surface area contributed by atoms with E-state index in [1.165, 1.54) is 0 Å². The topological polar surface area (TPSA) is 158 Å². The summed E-state index contributed by atoms with van der Waals surface area (Å²) in [4.78, 5) is 43.4. The van der Waals surface area contributed by atoms with E-state index >= 15 is 0 Å². The largest absolute Gasteiger partial charge is 0.368 e. The number of nitrogens with two attached hydrogens (primary N) is 1. The fourth-order valence-electron chi connectivity index (χ4n) is 1.90. The van der Waals surface area contributed by atoms with Crippen LogP contribution in [0, 0.1) is 26.1 Å². The van der Waals surface area contributed by atoms with Gasteiger partial charge in [0.05, 0.1) is 21.5 Å². The van der Waals surface area contributed by atoms with E-state index in [0.29, 0.717) is 0 Å². The molecule has 1 atom stereocenters. The Labute approximate surface area is 131 Å². The van der Waals surface area contributed by atoms with Crippen molar-refractivity contribution in [2.75, 3.05) is 0 Å². The van der Waals surface area contributed by atoms with Crippen molar-refractivity contribution in [2.45, 2.75) is 26.3 Å². The van der Waals surface area contributed by atoms with Gasteiger partial charge in [-0.1, -0.05) is 13.8 Å². The van der Waals surface area contributed by atoms with Gasteiger partial charge in [0.15, 0.2) is 0 Å². The minimum atomic E-state index is -0.971. The quantitative estimate of drug-likeness (QED) is 0.565. The molecule has 0 aliphatic carbocycles. The lowest BCUT2D eigenvalue weighted by molar-refractivity contribution is -0.394. The van der Waals surface area contributed by atoms with Gasteiger partial charge in [0.2, 0.25) is 5.91 Å². The van der Waals surface area contributed by atoms with Crippen molar-refractivity contribution in [1.82, 2.24) is 5.32 Å². The molecule has 0 saturated heterocycles. The maximum atomic E-state index is 12.1. The highest BCUT2D eigenvalue weighted by molar-refractivity contribution is 5.98. The Bertz CT molecular complexity index is 626. The second-order valence-electron chi connectivity index (χ2n) is 5.31. The Morgan fingerprint density at radius 1 is 1.13 bits per heavy atom. The van der Waals surface area contributed by atoms with Crippen molar-refractivity contribution in [3.8, 4) is 0 Å². The maximum absolute atomic E-state index is 12.1. The summed E-state index contributed by atoms with van der Waals surface area (Å²) in [5.41, 5.74) is 3.72. The number of hydrogen-bond acceptors (Lipinski definition) is 6. The molecule has 1 aromatic rings. The molecule has 0 aliphatic rings. The summed E-state index contributed by atoms with van der Waals surface area (Å²) in [6, 6.07) is 1.57. The molecule has 10 nitrogen and oxygen atoms in total. The molecule has 0 fully saturated rings. The van der Waals surface area contributed by atoms with Crippen molar-refractivity contribution in [3.05, 3.63) is 44.0 Å². The summed E-state index contributed by atoms with van der Waals surface area (Å²) in [6.07, 6.45) is 0.276. The average Bonchev–Trinajstić information content (AvgIpc) is 2.45. The third kappa shape index (κ3) is 5.02. The zero-order valence-corrected chi connectivity index (χ0v) is 12.5. The normalized spacial score (nSPS) is 11.8. The fraction of sp³-hybridized carbons (Fsp3) is 0.385. The first-order valence-corrected chi connectivity index (χ1v) is 6.66. The third-order valence-corrected chi connectivity index (χ3v) is 2.94. The van der Waals surface area contributed by atoms with Crippen molar-refractivity contribution in [2.24, 2.45) is 11.7 Å². The molecular formula is C13H16N4O6. The molecule has 0 aromatic heterocycles. The van der Waals surface area contributed by atoms with Crippen molar-refractivity contribution >= 4 is 23.2 Å². The Hall–Kier alpha value is -3.04. The zero-order chi connectivity index (χ0) is 17.7. The first kappa shape index (κ1) is 18.0. The molecule has 0 unspecified atom stereocenters. The molecule has 0 saturated carbocycles. The predicted octanol–water partition coefficient (Wildman–Crippen LogP) is 1.13. The van der Waals surface area contributed by atoms with Gasteiger partial charge < -0.3 is 11.1 Å². The van der Waals surface area contributed by atoms with Crippen LogP contribution in [-0.4, -0.2) is 27.7 Å². The van der Waals surface area contributed by atoms with E-state index in [-0.39, 0.29) is 17.9 Å². The number of nitro groups is 2. The third-order valence-electron chi connectivity index (χ3n) is 2.94. The molecule has 10 heteroatoms. The van der Waals surface area contributed by atoms with E-state index in [0.717, 1.165) is 18.2 Å². The monoisotopic (exact) mass is 324 g/mol. The average molecular weight is 324 g/mol. The summed E-state index contributed by atoms with van der Waals surface area (Å²) >= 11 is 0. The number of non-ortho nitro benzene ring substituents is 2. The van der Waals surface area contributed by atoms with Crippen LogP contribution in [0.2, 0.25) is 0 Å². The van der Waals surface area contributed by atoms with Crippen LogP contribution in [0.3, 0.4) is 0 Å². The van der Waals surface area contributed by atoms with Gasteiger partial charge in [-0.05, 0) is 12.3 Å². The second kappa shape index (κ2) is 7.29. The number of hydrogen-bond donors (Lipinski definition) is 2. The Kier molecular flexibility index (Phi) is 5.71. The van der Waals surface area contributed by atoms with Crippen LogP contribution in [0.15, 0.2) is 18.2 Å². The van der Waals surface area contributed by atoms with Gasteiger partial charge in [-0.3, -0.25) is 29.8 Å². The number of nitrogens with zero attached hydrogens (tertiary/aromatic N) is 2. The molecule has 0 bridgehead atoms. The summed E-state index contributed by atoms with van der Waals surface area (Å²) < 4.78 is 0. The van der Waals surface area contributed by atoms with Gasteiger partial charge in [-0.2, -0.15) is 0 Å². The molecule has 0 radical (unpaired) electrons. The number of primary amides is 1. The molecule has 0 spiro atoms. The highest BCUT2D eigenvalue weighted by Gasteiger charge is 2.24. The molecule has 2 amide bonds. The summed E-state index contributed by atoms with van der Waals surface area (Å²) in [5.74, 6) is -1.54. The molecule has 23 heavy (non-hydrogen) atoms. The minimum Gasteiger partial charge on any atom is -0.368 e. The van der Waals surface area contributed by atoms with Gasteiger partial charge >= 0.3 is 0 Å². The maximum Gasteiger partial charge on any atom is 0.277 e.